The molecular weight excluding hydrogens is 217 g/mol. The average Bonchev–Trinajstić information content (AvgIpc) is 2.12. The van der Waals surface area contributed by atoms with Gasteiger partial charge in [0.25, 0.3) is 0 Å². The highest BCUT2D eigenvalue weighted by atomic mass is 19.4. The van der Waals surface area contributed by atoms with Crippen LogP contribution in [0.15, 0.2) is 0 Å². The van der Waals surface area contributed by atoms with Gasteiger partial charge in [0.15, 0.2) is 6.10 Å². The zero-order valence-electron chi connectivity index (χ0n) is 8.04. The monoisotopic (exact) mass is 230 g/mol. The number of carbonyl (C=O) groups excluding carboxylic acids is 1. The van der Waals surface area contributed by atoms with Gasteiger partial charge < -0.3 is 20.9 Å². The summed E-state index contributed by atoms with van der Waals surface area (Å²) in [6.45, 7) is -1.02. The molecule has 0 aliphatic carbocycles. The molecule has 0 aliphatic rings. The van der Waals surface area contributed by atoms with Crippen LogP contribution in [-0.2, 0) is 9.53 Å². The Kier molecular flexibility index (Phi) is 5.55. The van der Waals surface area contributed by atoms with Crippen LogP contribution in [0.4, 0.5) is 13.2 Å². The van der Waals surface area contributed by atoms with Gasteiger partial charge in [-0.1, -0.05) is 0 Å². The van der Waals surface area contributed by atoms with Gasteiger partial charge in [-0.25, -0.2) is 0 Å². The van der Waals surface area contributed by atoms with Crippen LogP contribution in [0.1, 0.15) is 0 Å². The first kappa shape index (κ1) is 14.1. The van der Waals surface area contributed by atoms with Crippen molar-refractivity contribution >= 4 is 5.91 Å². The molecule has 90 valence electrons. The lowest BCUT2D eigenvalue weighted by atomic mass is 10.3. The van der Waals surface area contributed by atoms with Crippen molar-refractivity contribution in [2.24, 2.45) is 5.73 Å². The minimum absolute atomic E-state index is 0.103. The number of nitrogens with one attached hydrogen (secondary N) is 1. The lowest BCUT2D eigenvalue weighted by Gasteiger charge is -2.16. The number of carbonyl (C=O) groups is 1. The van der Waals surface area contributed by atoms with Gasteiger partial charge in [0, 0.05) is 7.11 Å². The van der Waals surface area contributed by atoms with Crippen LogP contribution in [0.2, 0.25) is 0 Å². The topological polar surface area (TPSA) is 84.6 Å². The fourth-order valence-electron chi connectivity index (χ4n) is 0.699. The summed E-state index contributed by atoms with van der Waals surface area (Å²) >= 11 is 0. The molecule has 15 heavy (non-hydrogen) atoms. The smallest absolute Gasteiger partial charge is 0.383 e. The van der Waals surface area contributed by atoms with Crippen LogP contribution < -0.4 is 11.1 Å². The molecule has 0 heterocycles. The third kappa shape index (κ3) is 5.55. The normalized spacial score (nSPS) is 15.9. The molecule has 0 aromatic rings. The van der Waals surface area contributed by atoms with E-state index in [1.807, 2.05) is 5.32 Å². The summed E-state index contributed by atoms with van der Waals surface area (Å²) in [5, 5.41) is 10.4. The van der Waals surface area contributed by atoms with Gasteiger partial charge in [-0.05, 0) is 0 Å². The molecular formula is C7H13F3N2O3. The number of rotatable bonds is 5. The molecule has 4 N–H and O–H groups in total. The molecule has 1 amide bonds. The summed E-state index contributed by atoms with van der Waals surface area (Å²) in [6.07, 6.45) is -7.34. The maximum Gasteiger partial charge on any atom is 0.416 e. The van der Waals surface area contributed by atoms with Crippen LogP contribution in [0.5, 0.6) is 0 Å². The average molecular weight is 230 g/mol. The molecule has 0 fully saturated rings. The van der Waals surface area contributed by atoms with Gasteiger partial charge >= 0.3 is 6.18 Å². The minimum Gasteiger partial charge on any atom is -0.383 e. The van der Waals surface area contributed by atoms with E-state index in [1.54, 1.807) is 0 Å². The van der Waals surface area contributed by atoms with E-state index < -0.39 is 30.8 Å². The van der Waals surface area contributed by atoms with E-state index in [4.69, 9.17) is 10.8 Å². The lowest BCUT2D eigenvalue weighted by Crippen LogP contribution is -2.48. The highest BCUT2D eigenvalue weighted by molar-refractivity contribution is 5.81. The Hall–Kier alpha value is -0.860. The van der Waals surface area contributed by atoms with Crippen LogP contribution in [0, 0.1) is 0 Å². The Bertz CT molecular complexity index is 210. The van der Waals surface area contributed by atoms with Crippen LogP contribution >= 0.6 is 0 Å². The first-order chi connectivity index (χ1) is 6.79. The number of aliphatic hydroxyl groups excluding tert-OH is 1. The first-order valence-corrected chi connectivity index (χ1v) is 4.06. The second-order valence-corrected chi connectivity index (χ2v) is 2.86. The number of aliphatic hydroxyl groups is 1. The maximum atomic E-state index is 11.8. The van der Waals surface area contributed by atoms with E-state index in [9.17, 15) is 18.0 Å². The van der Waals surface area contributed by atoms with E-state index in [2.05, 4.69) is 4.74 Å². The molecule has 0 radical (unpaired) electrons. The molecule has 0 spiro atoms. The molecule has 0 aliphatic heterocycles. The van der Waals surface area contributed by atoms with E-state index in [-0.39, 0.29) is 6.61 Å². The fourth-order valence-corrected chi connectivity index (χ4v) is 0.699. The van der Waals surface area contributed by atoms with Gasteiger partial charge in [-0.2, -0.15) is 13.2 Å². The summed E-state index contributed by atoms with van der Waals surface area (Å²) in [5.41, 5.74) is 5.22. The quantitative estimate of drug-likeness (QED) is 0.565. The number of halogens is 3. The second kappa shape index (κ2) is 5.89. The van der Waals surface area contributed by atoms with Gasteiger partial charge in [-0.15, -0.1) is 0 Å². The van der Waals surface area contributed by atoms with Gasteiger partial charge in [0.1, 0.15) is 6.04 Å². The van der Waals surface area contributed by atoms with Gasteiger partial charge in [0.2, 0.25) is 5.91 Å². The molecule has 8 heteroatoms. The highest BCUT2D eigenvalue weighted by Gasteiger charge is 2.38. The fraction of sp³-hybridized carbons (Fsp3) is 0.857. The SMILES string of the molecule is COCC(N)C(=O)NCC(O)C(F)(F)F. The summed E-state index contributed by atoms with van der Waals surface area (Å²) in [5.74, 6) is -0.805. The lowest BCUT2D eigenvalue weighted by molar-refractivity contribution is -0.201. The molecule has 0 rings (SSSR count). The predicted octanol–water partition coefficient (Wildman–Crippen LogP) is -1.00. The van der Waals surface area contributed by atoms with Crippen molar-refractivity contribution in [3.63, 3.8) is 0 Å². The van der Waals surface area contributed by atoms with Crippen LogP contribution in [-0.4, -0.2) is 49.6 Å². The zero-order chi connectivity index (χ0) is 12.1. The van der Waals surface area contributed by atoms with Crippen molar-refractivity contribution in [1.29, 1.82) is 0 Å². The maximum absolute atomic E-state index is 11.8. The van der Waals surface area contributed by atoms with Crippen LogP contribution in [0.25, 0.3) is 0 Å². The Balaban J connectivity index is 3.90. The minimum atomic E-state index is -4.75. The van der Waals surface area contributed by atoms with Crippen molar-refractivity contribution in [2.45, 2.75) is 18.3 Å². The summed E-state index contributed by atoms with van der Waals surface area (Å²) in [7, 11) is 1.30. The van der Waals surface area contributed by atoms with Crippen LogP contribution in [0.3, 0.4) is 0 Å². The highest BCUT2D eigenvalue weighted by Crippen LogP contribution is 2.19. The molecule has 2 unspecified atom stereocenters. The van der Waals surface area contributed by atoms with E-state index in [0.29, 0.717) is 0 Å². The zero-order valence-corrected chi connectivity index (χ0v) is 8.04. The molecule has 0 aromatic heterocycles. The number of amides is 1. The van der Waals surface area contributed by atoms with Crippen molar-refractivity contribution in [3.05, 3.63) is 0 Å². The number of ether oxygens (including phenoxy) is 1. The summed E-state index contributed by atoms with van der Waals surface area (Å²) < 4.78 is 39.9. The molecule has 0 saturated carbocycles. The molecule has 2 atom stereocenters. The summed E-state index contributed by atoms with van der Waals surface area (Å²) in [6, 6.07) is -1.05. The van der Waals surface area contributed by atoms with Crippen molar-refractivity contribution in [3.8, 4) is 0 Å². The van der Waals surface area contributed by atoms with Gasteiger partial charge in [0.05, 0.1) is 13.2 Å². The summed E-state index contributed by atoms with van der Waals surface area (Å²) in [4.78, 5) is 11.0. The second-order valence-electron chi connectivity index (χ2n) is 2.86. The number of methoxy groups -OCH3 is 1. The van der Waals surface area contributed by atoms with Crippen molar-refractivity contribution < 1.29 is 27.8 Å². The predicted molar refractivity (Wildman–Crippen MR) is 44.9 cm³/mol. The number of nitrogens with two attached hydrogens (primary N) is 1. The largest absolute Gasteiger partial charge is 0.416 e. The van der Waals surface area contributed by atoms with E-state index >= 15 is 0 Å². The Morgan fingerprint density at radius 1 is 1.60 bits per heavy atom. The standard InChI is InChI=1S/C7H13F3N2O3/c1-15-3-4(11)6(14)12-2-5(13)7(8,9)10/h4-5,13H,2-3,11H2,1H3,(H,12,14). The van der Waals surface area contributed by atoms with Crippen molar-refractivity contribution in [2.75, 3.05) is 20.3 Å². The Labute approximate surface area is 84.4 Å². The number of hydrogen-bond acceptors (Lipinski definition) is 4. The molecule has 0 aromatic carbocycles. The molecule has 0 saturated heterocycles. The Morgan fingerprint density at radius 3 is 2.53 bits per heavy atom. The molecule has 5 nitrogen and oxygen atoms in total. The molecule has 0 bridgehead atoms. The van der Waals surface area contributed by atoms with E-state index in [0.717, 1.165) is 0 Å². The van der Waals surface area contributed by atoms with Crippen molar-refractivity contribution in [1.82, 2.24) is 5.32 Å². The van der Waals surface area contributed by atoms with Gasteiger partial charge in [-0.3, -0.25) is 4.79 Å². The third-order valence-corrected chi connectivity index (χ3v) is 1.53. The number of alkyl halides is 3. The van der Waals surface area contributed by atoms with E-state index in [1.165, 1.54) is 7.11 Å². The number of hydrogen-bond donors (Lipinski definition) is 3. The first-order valence-electron chi connectivity index (χ1n) is 4.06. The Morgan fingerprint density at radius 2 is 2.13 bits per heavy atom. The third-order valence-electron chi connectivity index (χ3n) is 1.53.